The first-order chi connectivity index (χ1) is 11.2. The molecule has 2 N–H and O–H groups in total. The van der Waals surface area contributed by atoms with Crippen LogP contribution in [0.15, 0.2) is 54.4 Å². The molecule has 2 amide bonds. The molecule has 0 fully saturated rings. The van der Waals surface area contributed by atoms with Crippen LogP contribution >= 0.6 is 0 Å². The molecular weight excluding hydrogens is 314 g/mol. The molecule has 0 aliphatic heterocycles. The van der Waals surface area contributed by atoms with Gasteiger partial charge in [-0.25, -0.2) is 9.18 Å². The van der Waals surface area contributed by atoms with Gasteiger partial charge in [0.25, 0.3) is 0 Å². The van der Waals surface area contributed by atoms with E-state index in [1.165, 1.54) is 32.1 Å². The highest BCUT2D eigenvalue weighted by atomic mass is 19.1. The van der Waals surface area contributed by atoms with E-state index in [9.17, 15) is 18.4 Å². The Bertz CT molecular complexity index is 762. The van der Waals surface area contributed by atoms with E-state index in [4.69, 9.17) is 0 Å². The van der Waals surface area contributed by atoms with Gasteiger partial charge in [-0.2, -0.15) is 9.38 Å². The Morgan fingerprint density at radius 1 is 1.17 bits per heavy atom. The van der Waals surface area contributed by atoms with Crippen LogP contribution < -0.4 is 10.3 Å². The van der Waals surface area contributed by atoms with Crippen molar-refractivity contribution < 1.29 is 23.4 Å². The summed E-state index contributed by atoms with van der Waals surface area (Å²) in [5.41, 5.74) is 1.93. The number of aryl methyl sites for hydroxylation is 1. The van der Waals surface area contributed by atoms with Crippen LogP contribution in [0.1, 0.15) is 19.4 Å². The second-order valence-corrected chi connectivity index (χ2v) is 5.16. The zero-order chi connectivity index (χ0) is 18.3. The molecule has 1 aromatic carbocycles. The lowest BCUT2D eigenvalue weighted by Gasteiger charge is -2.03. The normalized spacial score (nSPS) is 14.6. The molecule has 4 nitrogen and oxygen atoms in total. The largest absolute Gasteiger partial charge is 0.382 e. The van der Waals surface area contributed by atoms with Gasteiger partial charge in [0.1, 0.15) is 5.82 Å². The van der Waals surface area contributed by atoms with Crippen LogP contribution in [0.4, 0.5) is 14.5 Å². The molecule has 0 unspecified atom stereocenters. The molecule has 0 heterocycles. The Kier molecular flexibility index (Phi) is 6.92. The Morgan fingerprint density at radius 2 is 1.83 bits per heavy atom. The first kappa shape index (κ1) is 19.2. The number of carbonyl (C=O) groups is 2. The maximum atomic E-state index is 13.0. The molecule has 0 aromatic heterocycles. The number of rotatable bonds is 1. The zero-order valence-corrected chi connectivity index (χ0v) is 13.7. The number of allylic oxidation sites excluding steroid dienone is 5. The van der Waals surface area contributed by atoms with E-state index in [0.717, 1.165) is 5.56 Å². The van der Waals surface area contributed by atoms with Crippen molar-refractivity contribution in [1.82, 2.24) is 0 Å². The molecule has 2 rings (SSSR count). The summed E-state index contributed by atoms with van der Waals surface area (Å²) >= 11 is 0. The number of benzene rings is 1. The summed E-state index contributed by atoms with van der Waals surface area (Å²) in [6.07, 6.45) is 4.39. The van der Waals surface area contributed by atoms with Gasteiger partial charge in [-0.15, -0.1) is 0 Å². The van der Waals surface area contributed by atoms with Gasteiger partial charge in [-0.3, -0.25) is 4.79 Å². The van der Waals surface area contributed by atoms with Gasteiger partial charge in [0.2, 0.25) is 11.6 Å². The fraction of sp³-hybridized carbons (Fsp3) is 0.167. The van der Waals surface area contributed by atoms with Crippen molar-refractivity contribution in [3.8, 4) is 0 Å². The van der Waals surface area contributed by atoms with Gasteiger partial charge in [0.15, 0.2) is 5.83 Å². The smallest absolute Gasteiger partial charge is 0.324 e. The van der Waals surface area contributed by atoms with Crippen molar-refractivity contribution in [3.63, 3.8) is 0 Å². The molecule has 0 saturated heterocycles. The molecular formula is C18H19F2N2O2+. The van der Waals surface area contributed by atoms with Crippen LogP contribution in [0.3, 0.4) is 0 Å². The van der Waals surface area contributed by atoms with Crippen molar-refractivity contribution in [2.75, 3.05) is 5.32 Å². The lowest BCUT2D eigenvalue weighted by atomic mass is 10.1. The standard InChI is InChI=1S/C9H8FNO.C9H10FNO/c1-6-3-4-9(8(10)5-6)11-7(2)12;1-6-3-4-8(10)9(5-6)11-7(2)12/h3-5H,1H2,2H3;3-5H,1-2H3,(H,11,12)/p+1. The SMILES string of the molecule is C=C1C=CC(=[NH+]C(C)=O)C(F)=C1.CC(=O)Nc1cc(C)ccc1F. The minimum Gasteiger partial charge on any atom is -0.324 e. The zero-order valence-electron chi connectivity index (χ0n) is 13.7. The molecule has 1 aliphatic rings. The minimum atomic E-state index is -0.460. The lowest BCUT2D eigenvalue weighted by Crippen LogP contribution is -2.76. The van der Waals surface area contributed by atoms with E-state index in [-0.39, 0.29) is 23.2 Å². The Hall–Kier alpha value is -2.89. The molecule has 1 aliphatic carbocycles. The summed E-state index contributed by atoms with van der Waals surface area (Å²) in [5, 5.41) is 2.40. The molecule has 0 atom stereocenters. The highest BCUT2D eigenvalue weighted by molar-refractivity contribution is 6.06. The molecule has 1 aromatic rings. The van der Waals surface area contributed by atoms with Crippen LogP contribution in [0.2, 0.25) is 0 Å². The maximum Gasteiger partial charge on any atom is 0.382 e. The van der Waals surface area contributed by atoms with Crippen molar-refractivity contribution >= 4 is 23.2 Å². The van der Waals surface area contributed by atoms with E-state index in [2.05, 4.69) is 16.9 Å². The monoisotopic (exact) mass is 333 g/mol. The number of nitrogens with one attached hydrogen (secondary N) is 2. The molecule has 0 spiro atoms. The first-order valence-electron chi connectivity index (χ1n) is 7.12. The summed E-state index contributed by atoms with van der Waals surface area (Å²) in [6, 6.07) is 4.58. The lowest BCUT2D eigenvalue weighted by molar-refractivity contribution is -0.374. The Labute approximate surface area is 139 Å². The number of anilines is 1. The summed E-state index contributed by atoms with van der Waals surface area (Å²) in [4.78, 5) is 23.5. The van der Waals surface area contributed by atoms with Crippen molar-refractivity contribution in [1.29, 1.82) is 0 Å². The van der Waals surface area contributed by atoms with Gasteiger partial charge in [-0.05, 0) is 42.3 Å². The molecule has 0 saturated carbocycles. The van der Waals surface area contributed by atoms with Crippen molar-refractivity contribution in [3.05, 3.63) is 65.8 Å². The number of halogens is 2. The second-order valence-electron chi connectivity index (χ2n) is 5.16. The number of hydrogen-bond acceptors (Lipinski definition) is 2. The summed E-state index contributed by atoms with van der Waals surface area (Å²) < 4.78 is 25.9. The van der Waals surface area contributed by atoms with E-state index in [0.29, 0.717) is 5.57 Å². The summed E-state index contributed by atoms with van der Waals surface area (Å²) in [5.74, 6) is -1.42. The second kappa shape index (κ2) is 8.67. The molecule has 0 bridgehead atoms. The predicted octanol–water partition coefficient (Wildman–Crippen LogP) is 2.13. The molecule has 126 valence electrons. The van der Waals surface area contributed by atoms with Gasteiger partial charge in [-0.1, -0.05) is 12.6 Å². The van der Waals surface area contributed by atoms with E-state index < -0.39 is 11.6 Å². The minimum absolute atomic E-state index is 0.190. The Balaban J connectivity index is 0.000000240. The van der Waals surface area contributed by atoms with Gasteiger partial charge < -0.3 is 5.32 Å². The molecule has 24 heavy (non-hydrogen) atoms. The van der Waals surface area contributed by atoms with Gasteiger partial charge >= 0.3 is 5.91 Å². The van der Waals surface area contributed by atoms with E-state index in [1.807, 2.05) is 6.92 Å². The number of amides is 2. The summed E-state index contributed by atoms with van der Waals surface area (Å²) in [6.45, 7) is 8.07. The third-order valence-corrected chi connectivity index (χ3v) is 2.78. The fourth-order valence-corrected chi connectivity index (χ4v) is 1.77. The van der Waals surface area contributed by atoms with E-state index in [1.54, 1.807) is 18.2 Å². The van der Waals surface area contributed by atoms with Crippen LogP contribution in [-0.2, 0) is 9.59 Å². The highest BCUT2D eigenvalue weighted by Crippen LogP contribution is 2.15. The molecule has 0 radical (unpaired) electrons. The maximum absolute atomic E-state index is 13.0. The first-order valence-corrected chi connectivity index (χ1v) is 7.12. The third kappa shape index (κ3) is 6.48. The Morgan fingerprint density at radius 3 is 2.38 bits per heavy atom. The average Bonchev–Trinajstić information content (AvgIpc) is 2.46. The van der Waals surface area contributed by atoms with Crippen molar-refractivity contribution in [2.24, 2.45) is 0 Å². The average molecular weight is 333 g/mol. The fourth-order valence-electron chi connectivity index (χ4n) is 1.77. The van der Waals surface area contributed by atoms with Crippen LogP contribution in [0.5, 0.6) is 0 Å². The quantitative estimate of drug-likeness (QED) is 0.827. The number of hydrogen-bond donors (Lipinski definition) is 2. The van der Waals surface area contributed by atoms with Crippen LogP contribution in [0.25, 0.3) is 0 Å². The highest BCUT2D eigenvalue weighted by Gasteiger charge is 2.14. The predicted molar refractivity (Wildman–Crippen MR) is 89.6 cm³/mol. The van der Waals surface area contributed by atoms with Crippen molar-refractivity contribution in [2.45, 2.75) is 20.8 Å². The number of carbonyl (C=O) groups excluding carboxylic acids is 2. The van der Waals surface area contributed by atoms with Gasteiger partial charge in [0.05, 0.1) is 12.6 Å². The molecule has 6 heteroatoms. The third-order valence-electron chi connectivity index (χ3n) is 2.78. The van der Waals surface area contributed by atoms with Gasteiger partial charge in [0, 0.05) is 13.0 Å². The van der Waals surface area contributed by atoms with E-state index >= 15 is 0 Å². The summed E-state index contributed by atoms with van der Waals surface area (Å²) in [7, 11) is 0. The van der Waals surface area contributed by atoms with Crippen LogP contribution in [0, 0.1) is 12.7 Å². The van der Waals surface area contributed by atoms with Crippen LogP contribution in [-0.4, -0.2) is 17.5 Å². The topological polar surface area (TPSA) is 60.1 Å².